The Morgan fingerprint density at radius 3 is 1.76 bits per heavy atom. The van der Waals surface area contributed by atoms with E-state index in [-0.39, 0.29) is 23.9 Å². The third-order valence-electron chi connectivity index (χ3n) is 3.78. The van der Waals surface area contributed by atoms with E-state index < -0.39 is 5.92 Å². The average molecular weight is 338 g/mol. The van der Waals surface area contributed by atoms with Gasteiger partial charge in [-0.3, -0.25) is 9.59 Å². The van der Waals surface area contributed by atoms with Gasteiger partial charge in [0.25, 0.3) is 0 Å². The van der Waals surface area contributed by atoms with Crippen molar-refractivity contribution < 1.29 is 9.59 Å². The molecule has 4 heteroatoms. The second kappa shape index (κ2) is 7.97. The van der Waals surface area contributed by atoms with Crippen LogP contribution in [-0.4, -0.2) is 35.8 Å². The molecular formula is C21H26N2O2. The fourth-order valence-corrected chi connectivity index (χ4v) is 2.74. The maximum atomic E-state index is 13.1. The summed E-state index contributed by atoms with van der Waals surface area (Å²) in [7, 11) is 1.67. The summed E-state index contributed by atoms with van der Waals surface area (Å²) in [6.45, 7) is 5.79. The summed E-state index contributed by atoms with van der Waals surface area (Å²) >= 11 is 0. The van der Waals surface area contributed by atoms with Crippen LogP contribution in [0.3, 0.4) is 0 Å². The van der Waals surface area contributed by atoms with E-state index >= 15 is 0 Å². The molecule has 4 nitrogen and oxygen atoms in total. The van der Waals surface area contributed by atoms with Crippen molar-refractivity contribution in [2.24, 2.45) is 0 Å². The molecule has 25 heavy (non-hydrogen) atoms. The van der Waals surface area contributed by atoms with Crippen molar-refractivity contribution in [2.45, 2.75) is 32.2 Å². The van der Waals surface area contributed by atoms with Crippen LogP contribution in [0.1, 0.15) is 37.8 Å². The summed E-state index contributed by atoms with van der Waals surface area (Å²) in [4.78, 5) is 26.7. The second-order valence-corrected chi connectivity index (χ2v) is 7.25. The second-order valence-electron chi connectivity index (χ2n) is 7.25. The maximum absolute atomic E-state index is 13.1. The Hall–Kier alpha value is -2.62. The Morgan fingerprint density at radius 1 is 0.920 bits per heavy atom. The quantitative estimate of drug-likeness (QED) is 0.910. The van der Waals surface area contributed by atoms with Crippen LogP contribution in [0.25, 0.3) is 0 Å². The molecule has 0 fully saturated rings. The number of amides is 2. The van der Waals surface area contributed by atoms with Crippen molar-refractivity contribution in [1.82, 2.24) is 10.2 Å². The van der Waals surface area contributed by atoms with Gasteiger partial charge in [0.1, 0.15) is 0 Å². The van der Waals surface area contributed by atoms with E-state index in [9.17, 15) is 9.59 Å². The largest absolute Gasteiger partial charge is 0.350 e. The first kappa shape index (κ1) is 18.7. The number of hydrogen-bond acceptors (Lipinski definition) is 2. The first-order chi connectivity index (χ1) is 11.8. The minimum Gasteiger partial charge on any atom is -0.350 e. The first-order valence-electron chi connectivity index (χ1n) is 8.44. The maximum Gasteiger partial charge on any atom is 0.240 e. The topological polar surface area (TPSA) is 49.4 Å². The van der Waals surface area contributed by atoms with Gasteiger partial charge < -0.3 is 10.2 Å². The van der Waals surface area contributed by atoms with E-state index in [1.54, 1.807) is 7.05 Å². The summed E-state index contributed by atoms with van der Waals surface area (Å²) in [5.41, 5.74) is 1.52. The fraction of sp³-hybridized carbons (Fsp3) is 0.333. The number of carbonyl (C=O) groups excluding carboxylic acids is 2. The third-order valence-corrected chi connectivity index (χ3v) is 3.78. The predicted molar refractivity (Wildman–Crippen MR) is 100 cm³/mol. The Morgan fingerprint density at radius 2 is 1.36 bits per heavy atom. The van der Waals surface area contributed by atoms with E-state index in [0.717, 1.165) is 11.1 Å². The molecule has 2 aromatic carbocycles. The molecule has 1 N–H and O–H groups in total. The molecule has 2 rings (SSSR count). The van der Waals surface area contributed by atoms with Crippen molar-refractivity contribution in [3.63, 3.8) is 0 Å². The summed E-state index contributed by atoms with van der Waals surface area (Å²) in [5.74, 6) is -0.681. The van der Waals surface area contributed by atoms with Crippen LogP contribution in [0.4, 0.5) is 0 Å². The highest BCUT2D eigenvalue weighted by molar-refractivity contribution is 5.90. The summed E-state index contributed by atoms with van der Waals surface area (Å²) in [6, 6.07) is 19.3. The molecule has 0 bridgehead atoms. The number of carbonyl (C=O) groups is 2. The van der Waals surface area contributed by atoms with E-state index in [4.69, 9.17) is 0 Å². The number of benzene rings is 2. The average Bonchev–Trinajstić information content (AvgIpc) is 2.55. The Bertz CT molecular complexity index is 666. The number of nitrogens with zero attached hydrogens (tertiary/aromatic N) is 1. The summed E-state index contributed by atoms with van der Waals surface area (Å²) in [5, 5.41) is 2.89. The zero-order valence-electron chi connectivity index (χ0n) is 15.3. The van der Waals surface area contributed by atoms with E-state index in [1.807, 2.05) is 81.4 Å². The minimum absolute atomic E-state index is 0.0340. The number of nitrogens with one attached hydrogen (secondary N) is 1. The van der Waals surface area contributed by atoms with E-state index in [0.29, 0.717) is 0 Å². The highest BCUT2D eigenvalue weighted by Crippen LogP contribution is 2.26. The lowest BCUT2D eigenvalue weighted by Gasteiger charge is -2.26. The van der Waals surface area contributed by atoms with Gasteiger partial charge in [-0.05, 0) is 31.9 Å². The molecule has 0 aliphatic heterocycles. The smallest absolute Gasteiger partial charge is 0.240 e. The van der Waals surface area contributed by atoms with Crippen LogP contribution in [0.2, 0.25) is 0 Å². The lowest BCUT2D eigenvalue weighted by molar-refractivity contribution is -0.135. The van der Waals surface area contributed by atoms with Crippen LogP contribution in [0.5, 0.6) is 0 Å². The van der Waals surface area contributed by atoms with Gasteiger partial charge in [0.05, 0.1) is 12.5 Å². The molecule has 0 heterocycles. The number of hydrogen-bond donors (Lipinski definition) is 1. The van der Waals surface area contributed by atoms with Gasteiger partial charge >= 0.3 is 0 Å². The van der Waals surface area contributed by atoms with Gasteiger partial charge in [-0.15, -0.1) is 0 Å². The molecule has 0 aromatic heterocycles. The van der Waals surface area contributed by atoms with E-state index in [1.165, 1.54) is 4.90 Å². The summed E-state index contributed by atoms with van der Waals surface area (Å²) < 4.78 is 0. The van der Waals surface area contributed by atoms with Crippen LogP contribution in [-0.2, 0) is 9.59 Å². The van der Waals surface area contributed by atoms with Crippen molar-refractivity contribution in [3.05, 3.63) is 71.8 Å². The predicted octanol–water partition coefficient (Wildman–Crippen LogP) is 3.19. The zero-order chi connectivity index (χ0) is 18.4. The van der Waals surface area contributed by atoms with Crippen LogP contribution in [0.15, 0.2) is 60.7 Å². The molecule has 2 aromatic rings. The van der Waals surface area contributed by atoms with Crippen LogP contribution >= 0.6 is 0 Å². The van der Waals surface area contributed by atoms with Crippen LogP contribution < -0.4 is 5.32 Å². The van der Waals surface area contributed by atoms with Crippen molar-refractivity contribution in [1.29, 1.82) is 0 Å². The zero-order valence-corrected chi connectivity index (χ0v) is 15.3. The SMILES string of the molecule is CN(CC(=O)NC(C)(C)C)C(=O)C(c1ccccc1)c1ccccc1. The van der Waals surface area contributed by atoms with Gasteiger partial charge in [-0.25, -0.2) is 0 Å². The van der Waals surface area contributed by atoms with Gasteiger partial charge in [-0.1, -0.05) is 60.7 Å². The monoisotopic (exact) mass is 338 g/mol. The van der Waals surface area contributed by atoms with Crippen molar-refractivity contribution >= 4 is 11.8 Å². The molecule has 0 aliphatic carbocycles. The molecule has 0 saturated carbocycles. The van der Waals surface area contributed by atoms with Crippen LogP contribution in [0, 0.1) is 0 Å². The Labute approximate surface area is 149 Å². The Balaban J connectivity index is 2.23. The van der Waals surface area contributed by atoms with Gasteiger partial charge in [0, 0.05) is 12.6 Å². The molecule has 0 aliphatic rings. The normalized spacial score (nSPS) is 11.2. The molecule has 0 unspecified atom stereocenters. The highest BCUT2D eigenvalue weighted by Gasteiger charge is 2.27. The number of rotatable bonds is 5. The Kier molecular flexibility index (Phi) is 5.97. The molecule has 0 spiro atoms. The van der Waals surface area contributed by atoms with E-state index in [2.05, 4.69) is 5.32 Å². The van der Waals surface area contributed by atoms with Crippen molar-refractivity contribution in [2.75, 3.05) is 13.6 Å². The number of likely N-dealkylation sites (N-methyl/N-ethyl adjacent to an activating group) is 1. The lowest BCUT2D eigenvalue weighted by atomic mass is 9.90. The molecule has 2 amide bonds. The first-order valence-corrected chi connectivity index (χ1v) is 8.44. The minimum atomic E-state index is -0.421. The molecule has 0 saturated heterocycles. The molecule has 0 radical (unpaired) electrons. The highest BCUT2D eigenvalue weighted by atomic mass is 16.2. The van der Waals surface area contributed by atoms with Gasteiger partial charge in [0.2, 0.25) is 11.8 Å². The summed E-state index contributed by atoms with van der Waals surface area (Å²) in [6.07, 6.45) is 0. The van der Waals surface area contributed by atoms with Crippen molar-refractivity contribution in [3.8, 4) is 0 Å². The molecular weight excluding hydrogens is 312 g/mol. The molecule has 132 valence electrons. The van der Waals surface area contributed by atoms with Gasteiger partial charge in [0.15, 0.2) is 0 Å². The third kappa shape index (κ3) is 5.45. The molecule has 0 atom stereocenters. The van der Waals surface area contributed by atoms with Gasteiger partial charge in [-0.2, -0.15) is 0 Å². The fourth-order valence-electron chi connectivity index (χ4n) is 2.74. The standard InChI is InChI=1S/C21H26N2O2/c1-21(2,3)22-18(24)15-23(4)20(25)19(16-11-7-5-8-12-16)17-13-9-6-10-14-17/h5-14,19H,15H2,1-4H3,(H,22,24). The lowest BCUT2D eigenvalue weighted by Crippen LogP contribution is -2.47.